The Morgan fingerprint density at radius 3 is 2.58 bits per heavy atom. The predicted octanol–water partition coefficient (Wildman–Crippen LogP) is 3.05. The smallest absolute Gasteiger partial charge is 0.258 e. The van der Waals surface area contributed by atoms with Gasteiger partial charge in [-0.15, -0.1) is 0 Å². The molecule has 0 saturated carbocycles. The highest BCUT2D eigenvalue weighted by atomic mass is 35.5. The highest BCUT2D eigenvalue weighted by Crippen LogP contribution is 2.19. The van der Waals surface area contributed by atoms with E-state index in [0.29, 0.717) is 11.4 Å². The van der Waals surface area contributed by atoms with Crippen molar-refractivity contribution in [3.05, 3.63) is 53.2 Å². The lowest BCUT2D eigenvalue weighted by molar-refractivity contribution is 0.0993. The molecule has 2 rings (SSSR count). The molecule has 0 fully saturated rings. The molecule has 0 atom stereocenters. The van der Waals surface area contributed by atoms with Crippen LogP contribution in [-0.2, 0) is 0 Å². The van der Waals surface area contributed by atoms with E-state index < -0.39 is 0 Å². The fourth-order valence-electron chi connectivity index (χ4n) is 1.71. The Labute approximate surface area is 117 Å². The lowest BCUT2D eigenvalue weighted by Crippen LogP contribution is -2.26. The minimum absolute atomic E-state index is 0.132. The van der Waals surface area contributed by atoms with Gasteiger partial charge in [-0.3, -0.25) is 4.79 Å². The number of halogens is 1. The van der Waals surface area contributed by atoms with Crippen LogP contribution in [0.1, 0.15) is 10.4 Å². The van der Waals surface area contributed by atoms with Crippen molar-refractivity contribution < 1.29 is 4.79 Å². The number of nitrogens with one attached hydrogen (secondary N) is 1. The summed E-state index contributed by atoms with van der Waals surface area (Å²) in [6.07, 6.45) is 0. The average Bonchev–Trinajstić information content (AvgIpc) is 2.46. The number of hydrogen-bond acceptors (Lipinski definition) is 3. The van der Waals surface area contributed by atoms with Crippen LogP contribution in [-0.4, -0.2) is 25.0 Å². The number of amides is 1. The van der Waals surface area contributed by atoms with Crippen LogP contribution in [0.2, 0.25) is 5.15 Å². The van der Waals surface area contributed by atoms with Crippen molar-refractivity contribution in [2.45, 2.75) is 0 Å². The van der Waals surface area contributed by atoms with Crippen molar-refractivity contribution in [1.82, 2.24) is 4.98 Å². The van der Waals surface area contributed by atoms with Gasteiger partial charge in [0.15, 0.2) is 0 Å². The molecule has 4 nitrogen and oxygen atoms in total. The van der Waals surface area contributed by atoms with Gasteiger partial charge < -0.3 is 10.2 Å². The summed E-state index contributed by atoms with van der Waals surface area (Å²) in [4.78, 5) is 18.0. The molecule has 0 radical (unpaired) electrons. The van der Waals surface area contributed by atoms with Gasteiger partial charge in [0, 0.05) is 25.3 Å². The van der Waals surface area contributed by atoms with Crippen LogP contribution in [0.3, 0.4) is 0 Å². The number of nitrogens with zero attached hydrogens (tertiary/aromatic N) is 2. The Kier molecular flexibility index (Phi) is 4.02. The van der Waals surface area contributed by atoms with Gasteiger partial charge >= 0.3 is 0 Å². The fourth-order valence-corrected chi connectivity index (χ4v) is 1.92. The second-order valence-corrected chi connectivity index (χ2v) is 4.40. The quantitative estimate of drug-likeness (QED) is 0.876. The molecular formula is C14H14ClN3O. The first-order valence-electron chi connectivity index (χ1n) is 5.80. The van der Waals surface area contributed by atoms with Gasteiger partial charge in [-0.1, -0.05) is 29.8 Å². The minimum Gasteiger partial charge on any atom is -0.373 e. The highest BCUT2D eigenvalue weighted by Gasteiger charge is 2.15. The number of carbonyl (C=O) groups excluding carboxylic acids is 1. The first kappa shape index (κ1) is 13.4. The summed E-state index contributed by atoms with van der Waals surface area (Å²) in [5, 5.41) is 3.16. The maximum Gasteiger partial charge on any atom is 0.258 e. The van der Waals surface area contributed by atoms with Gasteiger partial charge in [0.25, 0.3) is 5.91 Å². The molecule has 19 heavy (non-hydrogen) atoms. The zero-order chi connectivity index (χ0) is 13.8. The number of carbonyl (C=O) groups is 1. The molecule has 98 valence electrons. The van der Waals surface area contributed by atoms with Gasteiger partial charge in [-0.2, -0.15) is 0 Å². The first-order chi connectivity index (χ1) is 9.11. The molecule has 1 amide bonds. The standard InChI is InChI=1S/C14H14ClN3O/c1-16-13-9-10(8-12(15)17-13)14(19)18(2)11-6-4-3-5-7-11/h3-9H,1-2H3,(H,16,17). The van der Waals surface area contributed by atoms with E-state index in [9.17, 15) is 4.79 Å². The van der Waals surface area contributed by atoms with E-state index >= 15 is 0 Å². The molecule has 2 aromatic rings. The number of aromatic nitrogens is 1. The van der Waals surface area contributed by atoms with E-state index in [-0.39, 0.29) is 11.1 Å². The van der Waals surface area contributed by atoms with Crippen LogP contribution in [0, 0.1) is 0 Å². The molecule has 1 N–H and O–H groups in total. The van der Waals surface area contributed by atoms with Gasteiger partial charge in [0.05, 0.1) is 0 Å². The molecule has 1 heterocycles. The second-order valence-electron chi connectivity index (χ2n) is 4.01. The Balaban J connectivity index is 2.31. The average molecular weight is 276 g/mol. The summed E-state index contributed by atoms with van der Waals surface area (Å²) in [5.41, 5.74) is 1.32. The summed E-state index contributed by atoms with van der Waals surface area (Å²) >= 11 is 5.90. The molecule has 0 saturated heterocycles. The molecule has 0 spiro atoms. The summed E-state index contributed by atoms with van der Waals surface area (Å²) in [6.45, 7) is 0. The number of anilines is 2. The van der Waals surface area contributed by atoms with Gasteiger partial charge in [-0.05, 0) is 24.3 Å². The Morgan fingerprint density at radius 2 is 1.95 bits per heavy atom. The third kappa shape index (κ3) is 3.03. The first-order valence-corrected chi connectivity index (χ1v) is 6.18. The van der Waals surface area contributed by atoms with Crippen LogP contribution < -0.4 is 10.2 Å². The summed E-state index contributed by atoms with van der Waals surface area (Å²) in [7, 11) is 3.46. The van der Waals surface area contributed by atoms with Crippen LogP contribution >= 0.6 is 11.6 Å². The van der Waals surface area contributed by atoms with Crippen LogP contribution in [0.15, 0.2) is 42.5 Å². The molecule has 0 aliphatic heterocycles. The fraction of sp³-hybridized carbons (Fsp3) is 0.143. The van der Waals surface area contributed by atoms with E-state index in [1.165, 1.54) is 0 Å². The highest BCUT2D eigenvalue weighted by molar-refractivity contribution is 6.30. The molecule has 0 aliphatic rings. The minimum atomic E-state index is -0.132. The summed E-state index contributed by atoms with van der Waals surface area (Å²) < 4.78 is 0. The number of pyridine rings is 1. The normalized spacial score (nSPS) is 10.1. The molecule has 1 aromatic heterocycles. The van der Waals surface area contributed by atoms with Gasteiger partial charge in [-0.25, -0.2) is 4.98 Å². The van der Waals surface area contributed by atoms with Crippen LogP contribution in [0.4, 0.5) is 11.5 Å². The van der Waals surface area contributed by atoms with Crippen molar-refractivity contribution in [3.8, 4) is 0 Å². The number of rotatable bonds is 3. The van der Waals surface area contributed by atoms with Crippen LogP contribution in [0.25, 0.3) is 0 Å². The number of hydrogen-bond donors (Lipinski definition) is 1. The Morgan fingerprint density at radius 1 is 1.26 bits per heavy atom. The zero-order valence-corrected chi connectivity index (χ0v) is 11.5. The van der Waals surface area contributed by atoms with Crippen molar-refractivity contribution in [1.29, 1.82) is 0 Å². The van der Waals surface area contributed by atoms with E-state index in [4.69, 9.17) is 11.6 Å². The van der Waals surface area contributed by atoms with Crippen LogP contribution in [0.5, 0.6) is 0 Å². The largest absolute Gasteiger partial charge is 0.373 e. The number of benzene rings is 1. The molecule has 0 aliphatic carbocycles. The second kappa shape index (κ2) is 5.71. The topological polar surface area (TPSA) is 45.2 Å². The summed E-state index contributed by atoms with van der Waals surface area (Å²) in [6, 6.07) is 12.7. The van der Waals surface area contributed by atoms with Crippen molar-refractivity contribution in [2.75, 3.05) is 24.3 Å². The lowest BCUT2D eigenvalue weighted by atomic mass is 10.2. The molecule has 5 heteroatoms. The summed E-state index contributed by atoms with van der Waals surface area (Å²) in [5.74, 6) is 0.435. The Hall–Kier alpha value is -2.07. The molecule has 0 unspecified atom stereocenters. The van der Waals surface area contributed by atoms with Gasteiger partial charge in [0.1, 0.15) is 11.0 Å². The monoisotopic (exact) mass is 275 g/mol. The molecular weight excluding hydrogens is 262 g/mol. The third-order valence-electron chi connectivity index (χ3n) is 2.75. The maximum absolute atomic E-state index is 12.4. The lowest BCUT2D eigenvalue weighted by Gasteiger charge is -2.17. The number of para-hydroxylation sites is 1. The van der Waals surface area contributed by atoms with E-state index in [2.05, 4.69) is 10.3 Å². The van der Waals surface area contributed by atoms with E-state index in [1.807, 2.05) is 30.3 Å². The predicted molar refractivity (Wildman–Crippen MR) is 78.0 cm³/mol. The SMILES string of the molecule is CNc1cc(C(=O)N(C)c2ccccc2)cc(Cl)n1. The van der Waals surface area contributed by atoms with Crippen molar-refractivity contribution >= 4 is 29.0 Å². The third-order valence-corrected chi connectivity index (χ3v) is 2.94. The Bertz CT molecular complexity index is 586. The molecule has 0 bridgehead atoms. The molecule has 1 aromatic carbocycles. The zero-order valence-electron chi connectivity index (χ0n) is 10.7. The van der Waals surface area contributed by atoms with E-state index in [1.54, 1.807) is 31.1 Å². The van der Waals surface area contributed by atoms with Crippen molar-refractivity contribution in [3.63, 3.8) is 0 Å². The van der Waals surface area contributed by atoms with E-state index in [0.717, 1.165) is 5.69 Å². The maximum atomic E-state index is 12.4. The van der Waals surface area contributed by atoms with Gasteiger partial charge in [0.2, 0.25) is 0 Å². The van der Waals surface area contributed by atoms with Crippen molar-refractivity contribution in [2.24, 2.45) is 0 Å².